The first-order chi connectivity index (χ1) is 7.24. The van der Waals surface area contributed by atoms with Crippen LogP contribution in [0.4, 0.5) is 0 Å². The standard InChI is InChI=1S/C13H20N2/c1-4-5-6-11(2)15-12(3)13-7-9-14-10-8-13/h4,7-12,15H,1,5-6H2,2-3H3. The fourth-order valence-corrected chi connectivity index (χ4v) is 1.63. The average molecular weight is 204 g/mol. The quantitative estimate of drug-likeness (QED) is 0.720. The maximum absolute atomic E-state index is 4.02. The molecule has 0 aliphatic heterocycles. The fraction of sp³-hybridized carbons (Fsp3) is 0.462. The van der Waals surface area contributed by atoms with Gasteiger partial charge in [0.15, 0.2) is 0 Å². The smallest absolute Gasteiger partial charge is 0.0295 e. The van der Waals surface area contributed by atoms with Crippen molar-refractivity contribution in [2.45, 2.75) is 38.8 Å². The highest BCUT2D eigenvalue weighted by molar-refractivity contribution is 5.14. The first-order valence-corrected chi connectivity index (χ1v) is 5.51. The number of hydrogen-bond acceptors (Lipinski definition) is 2. The molecular weight excluding hydrogens is 184 g/mol. The van der Waals surface area contributed by atoms with E-state index in [9.17, 15) is 0 Å². The number of aromatic nitrogens is 1. The Morgan fingerprint density at radius 1 is 1.40 bits per heavy atom. The number of nitrogens with zero attached hydrogens (tertiary/aromatic N) is 1. The molecule has 2 nitrogen and oxygen atoms in total. The molecule has 0 saturated carbocycles. The van der Waals surface area contributed by atoms with Crippen molar-refractivity contribution in [2.75, 3.05) is 0 Å². The van der Waals surface area contributed by atoms with Crippen LogP contribution in [0, 0.1) is 0 Å². The second kappa shape index (κ2) is 6.36. The molecule has 0 aliphatic rings. The normalized spacial score (nSPS) is 14.5. The Kier molecular flexibility index (Phi) is 5.05. The zero-order valence-electron chi connectivity index (χ0n) is 9.61. The lowest BCUT2D eigenvalue weighted by Crippen LogP contribution is -2.28. The summed E-state index contributed by atoms with van der Waals surface area (Å²) in [5.41, 5.74) is 1.29. The summed E-state index contributed by atoms with van der Waals surface area (Å²) in [6.45, 7) is 8.12. The SMILES string of the molecule is C=CCCC(C)NC(C)c1ccncc1. The summed E-state index contributed by atoms with van der Waals surface area (Å²) in [5, 5.41) is 3.56. The number of hydrogen-bond donors (Lipinski definition) is 1. The monoisotopic (exact) mass is 204 g/mol. The molecule has 2 heteroatoms. The first-order valence-electron chi connectivity index (χ1n) is 5.51. The average Bonchev–Trinajstić information content (AvgIpc) is 2.27. The molecule has 1 aromatic heterocycles. The molecule has 2 unspecified atom stereocenters. The summed E-state index contributed by atoms with van der Waals surface area (Å²) >= 11 is 0. The van der Waals surface area contributed by atoms with E-state index in [2.05, 4.69) is 42.9 Å². The highest BCUT2D eigenvalue weighted by Crippen LogP contribution is 2.12. The Morgan fingerprint density at radius 3 is 2.67 bits per heavy atom. The molecule has 1 heterocycles. The predicted molar refractivity (Wildman–Crippen MR) is 64.7 cm³/mol. The minimum absolute atomic E-state index is 0.382. The molecule has 0 bridgehead atoms. The van der Waals surface area contributed by atoms with Crippen LogP contribution in [0.3, 0.4) is 0 Å². The zero-order valence-corrected chi connectivity index (χ0v) is 9.61. The van der Waals surface area contributed by atoms with Crippen LogP contribution in [0.25, 0.3) is 0 Å². The van der Waals surface area contributed by atoms with Gasteiger partial charge in [-0.2, -0.15) is 0 Å². The molecule has 1 N–H and O–H groups in total. The Labute approximate surface area is 92.4 Å². The summed E-state index contributed by atoms with van der Waals surface area (Å²) < 4.78 is 0. The summed E-state index contributed by atoms with van der Waals surface area (Å²) in [6, 6.07) is 5.01. The predicted octanol–water partition coefficient (Wildman–Crippen LogP) is 3.09. The van der Waals surface area contributed by atoms with Crippen LogP contribution >= 0.6 is 0 Å². The lowest BCUT2D eigenvalue weighted by Gasteiger charge is -2.19. The molecule has 0 radical (unpaired) electrons. The van der Waals surface area contributed by atoms with Crippen LogP contribution in [-0.4, -0.2) is 11.0 Å². The van der Waals surface area contributed by atoms with Crippen LogP contribution in [0.15, 0.2) is 37.2 Å². The zero-order chi connectivity index (χ0) is 11.1. The van der Waals surface area contributed by atoms with Gasteiger partial charge in [-0.05, 0) is 44.4 Å². The van der Waals surface area contributed by atoms with Gasteiger partial charge in [0.25, 0.3) is 0 Å². The molecule has 0 aromatic carbocycles. The third kappa shape index (κ3) is 4.26. The summed E-state index contributed by atoms with van der Waals surface area (Å²) in [5.74, 6) is 0. The minimum atomic E-state index is 0.382. The van der Waals surface area contributed by atoms with E-state index in [1.807, 2.05) is 18.5 Å². The Bertz CT molecular complexity index is 282. The summed E-state index contributed by atoms with van der Waals surface area (Å²) in [6.07, 6.45) is 7.84. The Balaban J connectivity index is 2.41. The van der Waals surface area contributed by atoms with Gasteiger partial charge in [-0.25, -0.2) is 0 Å². The van der Waals surface area contributed by atoms with Gasteiger partial charge in [-0.1, -0.05) is 6.08 Å². The van der Waals surface area contributed by atoms with Crippen LogP contribution in [0.1, 0.15) is 38.3 Å². The van der Waals surface area contributed by atoms with E-state index in [1.54, 1.807) is 0 Å². The highest BCUT2D eigenvalue weighted by atomic mass is 14.9. The molecular formula is C13H20N2. The maximum Gasteiger partial charge on any atom is 0.0295 e. The van der Waals surface area contributed by atoms with Crippen molar-refractivity contribution >= 4 is 0 Å². The molecule has 2 atom stereocenters. The lowest BCUT2D eigenvalue weighted by atomic mass is 10.1. The molecule has 0 aliphatic carbocycles. The van der Waals surface area contributed by atoms with E-state index in [0.29, 0.717) is 12.1 Å². The number of rotatable bonds is 6. The number of pyridine rings is 1. The van der Waals surface area contributed by atoms with Gasteiger partial charge in [0.05, 0.1) is 0 Å². The molecule has 1 rings (SSSR count). The molecule has 0 saturated heterocycles. The molecule has 0 fully saturated rings. The third-order valence-corrected chi connectivity index (χ3v) is 2.54. The van der Waals surface area contributed by atoms with Gasteiger partial charge >= 0.3 is 0 Å². The van der Waals surface area contributed by atoms with Crippen LogP contribution in [0.2, 0.25) is 0 Å². The van der Waals surface area contributed by atoms with Crippen molar-refractivity contribution in [3.8, 4) is 0 Å². The van der Waals surface area contributed by atoms with E-state index in [0.717, 1.165) is 12.8 Å². The number of nitrogens with one attached hydrogen (secondary N) is 1. The van der Waals surface area contributed by atoms with Gasteiger partial charge in [0.2, 0.25) is 0 Å². The van der Waals surface area contributed by atoms with Crippen molar-refractivity contribution in [2.24, 2.45) is 0 Å². The number of allylic oxidation sites excluding steroid dienone is 1. The molecule has 0 amide bonds. The first kappa shape index (κ1) is 11.9. The summed E-state index contributed by atoms with van der Waals surface area (Å²) in [4.78, 5) is 4.02. The van der Waals surface area contributed by atoms with E-state index in [4.69, 9.17) is 0 Å². The molecule has 15 heavy (non-hydrogen) atoms. The van der Waals surface area contributed by atoms with Gasteiger partial charge in [0.1, 0.15) is 0 Å². The largest absolute Gasteiger partial charge is 0.308 e. The third-order valence-electron chi connectivity index (χ3n) is 2.54. The summed E-state index contributed by atoms with van der Waals surface area (Å²) in [7, 11) is 0. The second-order valence-corrected chi connectivity index (χ2v) is 3.94. The second-order valence-electron chi connectivity index (χ2n) is 3.94. The van der Waals surface area contributed by atoms with Crippen molar-refractivity contribution < 1.29 is 0 Å². The highest BCUT2D eigenvalue weighted by Gasteiger charge is 2.07. The van der Waals surface area contributed by atoms with Crippen LogP contribution in [-0.2, 0) is 0 Å². The molecule has 0 spiro atoms. The van der Waals surface area contributed by atoms with E-state index in [-0.39, 0.29) is 0 Å². The van der Waals surface area contributed by atoms with Gasteiger partial charge in [0, 0.05) is 24.5 Å². The van der Waals surface area contributed by atoms with Crippen molar-refractivity contribution in [3.05, 3.63) is 42.7 Å². The van der Waals surface area contributed by atoms with Crippen molar-refractivity contribution in [1.82, 2.24) is 10.3 Å². The maximum atomic E-state index is 4.02. The van der Waals surface area contributed by atoms with Crippen molar-refractivity contribution in [3.63, 3.8) is 0 Å². The fourth-order valence-electron chi connectivity index (χ4n) is 1.63. The topological polar surface area (TPSA) is 24.9 Å². The minimum Gasteiger partial charge on any atom is -0.308 e. The van der Waals surface area contributed by atoms with Gasteiger partial charge in [-0.3, -0.25) is 4.98 Å². The van der Waals surface area contributed by atoms with E-state index < -0.39 is 0 Å². The Hall–Kier alpha value is -1.15. The lowest BCUT2D eigenvalue weighted by molar-refractivity contribution is 0.458. The van der Waals surface area contributed by atoms with Crippen molar-refractivity contribution in [1.29, 1.82) is 0 Å². The van der Waals surface area contributed by atoms with Crippen LogP contribution < -0.4 is 5.32 Å². The van der Waals surface area contributed by atoms with E-state index in [1.165, 1.54) is 5.56 Å². The van der Waals surface area contributed by atoms with Crippen LogP contribution in [0.5, 0.6) is 0 Å². The Morgan fingerprint density at radius 2 is 2.07 bits per heavy atom. The van der Waals surface area contributed by atoms with E-state index >= 15 is 0 Å². The van der Waals surface area contributed by atoms with Gasteiger partial charge in [-0.15, -0.1) is 6.58 Å². The molecule has 1 aromatic rings. The van der Waals surface area contributed by atoms with Gasteiger partial charge < -0.3 is 5.32 Å². The molecule has 82 valence electrons.